The molecule has 3 aromatic rings. The van der Waals surface area contributed by atoms with E-state index in [9.17, 15) is 9.59 Å². The molecule has 34 heavy (non-hydrogen) atoms. The second kappa shape index (κ2) is 11.6. The number of amides is 1. The molecule has 1 fully saturated rings. The average Bonchev–Trinajstić information content (AvgIpc) is 3.37. The highest BCUT2D eigenvalue weighted by Gasteiger charge is 2.44. The minimum Gasteiger partial charge on any atom is -0.461 e. The number of nitrogens with zero attached hydrogens (tertiary/aromatic N) is 1. The van der Waals surface area contributed by atoms with Gasteiger partial charge >= 0.3 is 5.97 Å². The maximum absolute atomic E-state index is 13.5. The van der Waals surface area contributed by atoms with Crippen LogP contribution in [0.15, 0.2) is 85.2 Å². The molecule has 4 rings (SSSR count). The topological polar surface area (TPSA) is 68.3 Å². The Labute approximate surface area is 201 Å². The van der Waals surface area contributed by atoms with Gasteiger partial charge in [-0.2, -0.15) is 0 Å². The van der Waals surface area contributed by atoms with Gasteiger partial charge in [-0.15, -0.1) is 0 Å². The standard InChI is InChI=1S/C29H32N2O3/c32-27(34-22-24-12-5-2-6-13-24)25(16-15-23-10-3-1-4-11-23)20-29(17-7-8-18-29)28(33)31-26-14-9-19-30-21-26/h1-6,9-14,19,21,25H,7-8,15-18,20,22H2,(H,31,33). The number of hydrogen-bond acceptors (Lipinski definition) is 4. The third kappa shape index (κ3) is 6.31. The lowest BCUT2D eigenvalue weighted by atomic mass is 9.75. The van der Waals surface area contributed by atoms with Crippen molar-refractivity contribution in [3.05, 3.63) is 96.3 Å². The molecule has 0 aliphatic heterocycles. The molecule has 1 N–H and O–H groups in total. The number of hydrogen-bond donors (Lipinski definition) is 1. The Morgan fingerprint density at radius 1 is 0.912 bits per heavy atom. The van der Waals surface area contributed by atoms with Crippen LogP contribution in [0.1, 0.15) is 49.7 Å². The van der Waals surface area contributed by atoms with Gasteiger partial charge in [0.05, 0.1) is 23.2 Å². The van der Waals surface area contributed by atoms with Crippen molar-refractivity contribution in [2.75, 3.05) is 5.32 Å². The molecule has 0 spiro atoms. The first-order chi connectivity index (χ1) is 16.6. The summed E-state index contributed by atoms with van der Waals surface area (Å²) >= 11 is 0. The Morgan fingerprint density at radius 2 is 1.59 bits per heavy atom. The Bertz CT molecular complexity index is 1050. The van der Waals surface area contributed by atoms with E-state index in [4.69, 9.17) is 4.74 Å². The maximum atomic E-state index is 13.5. The van der Waals surface area contributed by atoms with E-state index in [0.717, 1.165) is 37.7 Å². The Balaban J connectivity index is 1.49. The molecule has 1 saturated carbocycles. The smallest absolute Gasteiger partial charge is 0.309 e. The largest absolute Gasteiger partial charge is 0.461 e. The van der Waals surface area contributed by atoms with Crippen LogP contribution in [0.5, 0.6) is 0 Å². The van der Waals surface area contributed by atoms with Gasteiger partial charge < -0.3 is 10.1 Å². The summed E-state index contributed by atoms with van der Waals surface area (Å²) in [6, 6.07) is 23.5. The first-order valence-electron chi connectivity index (χ1n) is 12.1. The van der Waals surface area contributed by atoms with Gasteiger partial charge in [-0.1, -0.05) is 73.5 Å². The van der Waals surface area contributed by atoms with E-state index in [1.807, 2.05) is 54.6 Å². The Hall–Kier alpha value is -3.47. The fourth-order valence-electron chi connectivity index (χ4n) is 4.88. The van der Waals surface area contributed by atoms with Gasteiger partial charge in [0.25, 0.3) is 0 Å². The Kier molecular flexibility index (Phi) is 8.08. The summed E-state index contributed by atoms with van der Waals surface area (Å²) in [5.41, 5.74) is 2.26. The molecule has 1 aromatic heterocycles. The SMILES string of the molecule is O=C(OCc1ccccc1)C(CCc1ccccc1)CC1(C(=O)Nc2cccnc2)CCCC1. The predicted octanol–water partition coefficient (Wildman–Crippen LogP) is 5.96. The highest BCUT2D eigenvalue weighted by atomic mass is 16.5. The molecular weight excluding hydrogens is 424 g/mol. The van der Waals surface area contributed by atoms with Crippen molar-refractivity contribution in [2.45, 2.75) is 51.6 Å². The summed E-state index contributed by atoms with van der Waals surface area (Å²) in [5.74, 6) is -0.583. The van der Waals surface area contributed by atoms with Crippen molar-refractivity contribution in [1.29, 1.82) is 0 Å². The second-order valence-electron chi connectivity index (χ2n) is 9.20. The summed E-state index contributed by atoms with van der Waals surface area (Å²) in [5, 5.41) is 3.05. The minimum atomic E-state index is -0.567. The first-order valence-corrected chi connectivity index (χ1v) is 12.1. The van der Waals surface area contributed by atoms with Crippen LogP contribution in [0.3, 0.4) is 0 Å². The van der Waals surface area contributed by atoms with Crippen LogP contribution in [0, 0.1) is 11.3 Å². The van der Waals surface area contributed by atoms with Crippen LogP contribution < -0.4 is 5.32 Å². The molecule has 2 aromatic carbocycles. The van der Waals surface area contributed by atoms with E-state index in [-0.39, 0.29) is 24.4 Å². The van der Waals surface area contributed by atoms with Gasteiger partial charge in [-0.25, -0.2) is 0 Å². The van der Waals surface area contributed by atoms with Gasteiger partial charge in [0.15, 0.2) is 0 Å². The fraction of sp³-hybridized carbons (Fsp3) is 0.345. The van der Waals surface area contributed by atoms with Crippen molar-refractivity contribution in [2.24, 2.45) is 11.3 Å². The third-order valence-electron chi connectivity index (χ3n) is 6.78. The molecule has 0 bridgehead atoms. The van der Waals surface area contributed by atoms with Crippen molar-refractivity contribution in [1.82, 2.24) is 4.98 Å². The van der Waals surface area contributed by atoms with Crippen LogP contribution in [0.4, 0.5) is 5.69 Å². The Morgan fingerprint density at radius 3 is 2.24 bits per heavy atom. The number of ether oxygens (including phenoxy) is 1. The molecule has 1 atom stereocenters. The number of nitrogens with one attached hydrogen (secondary N) is 1. The number of anilines is 1. The first kappa shape index (κ1) is 23.7. The minimum absolute atomic E-state index is 0.0152. The molecule has 1 aliphatic carbocycles. The normalized spacial score (nSPS) is 15.4. The van der Waals surface area contributed by atoms with Crippen molar-refractivity contribution in [3.63, 3.8) is 0 Å². The molecule has 0 saturated heterocycles. The van der Waals surface area contributed by atoms with E-state index in [2.05, 4.69) is 22.4 Å². The predicted molar refractivity (Wildman–Crippen MR) is 133 cm³/mol. The van der Waals surface area contributed by atoms with Gasteiger partial charge in [0.1, 0.15) is 6.61 Å². The van der Waals surface area contributed by atoms with E-state index >= 15 is 0 Å². The summed E-state index contributed by atoms with van der Waals surface area (Å²) < 4.78 is 5.75. The average molecular weight is 457 g/mol. The van der Waals surface area contributed by atoms with Crippen molar-refractivity contribution in [3.8, 4) is 0 Å². The summed E-state index contributed by atoms with van der Waals surface area (Å²) in [7, 11) is 0. The quantitative estimate of drug-likeness (QED) is 0.382. The summed E-state index contributed by atoms with van der Waals surface area (Å²) in [4.78, 5) is 30.8. The monoisotopic (exact) mass is 456 g/mol. The lowest BCUT2D eigenvalue weighted by molar-refractivity contribution is -0.152. The zero-order chi connectivity index (χ0) is 23.6. The van der Waals surface area contributed by atoms with E-state index in [1.165, 1.54) is 5.56 Å². The third-order valence-corrected chi connectivity index (χ3v) is 6.78. The molecule has 0 radical (unpaired) electrons. The van der Waals surface area contributed by atoms with Gasteiger partial charge in [0.2, 0.25) is 5.91 Å². The van der Waals surface area contributed by atoms with E-state index < -0.39 is 5.41 Å². The van der Waals surface area contributed by atoms with Gasteiger partial charge in [0, 0.05) is 6.20 Å². The van der Waals surface area contributed by atoms with Crippen molar-refractivity contribution < 1.29 is 14.3 Å². The lowest BCUT2D eigenvalue weighted by Crippen LogP contribution is -2.37. The molecular formula is C29H32N2O3. The summed E-state index contributed by atoms with van der Waals surface area (Å²) in [6.45, 7) is 0.246. The number of carbonyl (C=O) groups is 2. The molecule has 1 aliphatic rings. The van der Waals surface area contributed by atoms with Crippen LogP contribution in [0.25, 0.3) is 0 Å². The summed E-state index contributed by atoms with van der Waals surface area (Å²) in [6.07, 6.45) is 8.81. The van der Waals surface area contributed by atoms with Gasteiger partial charge in [-0.3, -0.25) is 14.6 Å². The second-order valence-corrected chi connectivity index (χ2v) is 9.20. The number of benzene rings is 2. The van der Waals surface area contributed by atoms with Crippen LogP contribution in [-0.4, -0.2) is 16.9 Å². The molecule has 176 valence electrons. The molecule has 1 amide bonds. The maximum Gasteiger partial charge on any atom is 0.309 e. The number of rotatable bonds is 10. The molecule has 5 heteroatoms. The number of pyridine rings is 1. The van der Waals surface area contributed by atoms with E-state index in [0.29, 0.717) is 18.5 Å². The zero-order valence-electron chi connectivity index (χ0n) is 19.5. The van der Waals surface area contributed by atoms with Crippen LogP contribution in [-0.2, 0) is 27.4 Å². The van der Waals surface area contributed by atoms with Crippen LogP contribution in [0.2, 0.25) is 0 Å². The lowest BCUT2D eigenvalue weighted by Gasteiger charge is -2.31. The zero-order valence-corrected chi connectivity index (χ0v) is 19.5. The molecule has 1 unspecified atom stereocenters. The van der Waals surface area contributed by atoms with Crippen molar-refractivity contribution >= 4 is 17.6 Å². The number of esters is 1. The van der Waals surface area contributed by atoms with Crippen LogP contribution >= 0.6 is 0 Å². The number of aryl methyl sites for hydroxylation is 1. The highest BCUT2D eigenvalue weighted by Crippen LogP contribution is 2.45. The van der Waals surface area contributed by atoms with E-state index in [1.54, 1.807) is 18.5 Å². The fourth-order valence-corrected chi connectivity index (χ4v) is 4.88. The molecule has 5 nitrogen and oxygen atoms in total. The highest BCUT2D eigenvalue weighted by molar-refractivity contribution is 5.95. The number of carbonyl (C=O) groups excluding carboxylic acids is 2. The number of aromatic nitrogens is 1. The van der Waals surface area contributed by atoms with Gasteiger partial charge in [-0.05, 0) is 55.4 Å². The molecule has 1 heterocycles.